The van der Waals surface area contributed by atoms with Crippen LogP contribution >= 0.6 is 0 Å². The van der Waals surface area contributed by atoms with Crippen LogP contribution in [-0.4, -0.2) is 9.55 Å². The van der Waals surface area contributed by atoms with Gasteiger partial charge in [0.15, 0.2) is 0 Å². The van der Waals surface area contributed by atoms with E-state index in [2.05, 4.69) is 41.5 Å². The van der Waals surface area contributed by atoms with Crippen molar-refractivity contribution in [2.45, 2.75) is 20.0 Å². The van der Waals surface area contributed by atoms with Crippen LogP contribution in [0.2, 0.25) is 0 Å². The van der Waals surface area contributed by atoms with Crippen molar-refractivity contribution in [3.05, 3.63) is 66.2 Å². The van der Waals surface area contributed by atoms with Gasteiger partial charge in [0.1, 0.15) is 5.82 Å². The van der Waals surface area contributed by atoms with Crippen LogP contribution in [-0.2, 0) is 13.1 Å². The molecule has 0 saturated carbocycles. The van der Waals surface area contributed by atoms with Crippen molar-refractivity contribution in [2.75, 3.05) is 0 Å². The fraction of sp³-hybridized carbons (Fsp3) is 0.167. The van der Waals surface area contributed by atoms with Crippen LogP contribution in [0.5, 0.6) is 0 Å². The molecule has 3 aromatic rings. The van der Waals surface area contributed by atoms with Crippen molar-refractivity contribution in [2.24, 2.45) is 5.73 Å². The molecule has 1 heterocycles. The number of hydrogen-bond donors (Lipinski definition) is 1. The molecule has 2 N–H and O–H groups in total. The van der Waals surface area contributed by atoms with Crippen molar-refractivity contribution in [3.63, 3.8) is 0 Å². The van der Waals surface area contributed by atoms with Crippen LogP contribution in [0.15, 0.2) is 60.7 Å². The Morgan fingerprint density at radius 3 is 2.52 bits per heavy atom. The second-order valence-corrected chi connectivity index (χ2v) is 5.37. The summed E-state index contributed by atoms with van der Waals surface area (Å²) in [4.78, 5) is 4.78. The van der Waals surface area contributed by atoms with Gasteiger partial charge in [-0.1, -0.05) is 48.6 Å². The summed E-state index contributed by atoms with van der Waals surface area (Å²) < 4.78 is 2.22. The molecule has 1 aromatic heterocycles. The molecule has 0 aliphatic carbocycles. The number of allylic oxidation sites excluding steroid dienone is 1. The number of nitrogens with two attached hydrogens (primary N) is 1. The Hall–Kier alpha value is -2.39. The number of aromatic nitrogens is 2. The van der Waals surface area contributed by atoms with Gasteiger partial charge in [0.25, 0.3) is 0 Å². The van der Waals surface area contributed by atoms with E-state index < -0.39 is 0 Å². The molecule has 0 fully saturated rings. The van der Waals surface area contributed by atoms with Crippen LogP contribution in [0, 0.1) is 0 Å². The molecular formula is C18H19N3. The third-order valence-corrected chi connectivity index (χ3v) is 3.53. The monoisotopic (exact) mass is 277 g/mol. The van der Waals surface area contributed by atoms with Crippen LogP contribution < -0.4 is 5.73 Å². The van der Waals surface area contributed by atoms with Gasteiger partial charge in [-0.25, -0.2) is 4.98 Å². The smallest absolute Gasteiger partial charge is 0.141 e. The second kappa shape index (κ2) is 5.54. The van der Waals surface area contributed by atoms with Crippen LogP contribution in [0.3, 0.4) is 0 Å². The molecule has 21 heavy (non-hydrogen) atoms. The van der Waals surface area contributed by atoms with Crippen molar-refractivity contribution in [1.29, 1.82) is 0 Å². The molecule has 0 aliphatic rings. The SMILES string of the molecule is C=C(C)Cn1c(-c2ccc(CN)cc2)nc2ccccc21. The Labute approximate surface area is 124 Å². The van der Waals surface area contributed by atoms with Crippen molar-refractivity contribution in [3.8, 4) is 11.4 Å². The summed E-state index contributed by atoms with van der Waals surface area (Å²) in [6, 6.07) is 16.5. The lowest BCUT2D eigenvalue weighted by Crippen LogP contribution is -2.02. The number of hydrogen-bond acceptors (Lipinski definition) is 2. The number of nitrogens with zero attached hydrogens (tertiary/aromatic N) is 2. The molecule has 3 nitrogen and oxygen atoms in total. The van der Waals surface area contributed by atoms with Crippen LogP contribution in [0.4, 0.5) is 0 Å². The first-order valence-corrected chi connectivity index (χ1v) is 7.08. The van der Waals surface area contributed by atoms with Gasteiger partial charge in [0, 0.05) is 18.7 Å². The molecule has 106 valence electrons. The fourth-order valence-electron chi connectivity index (χ4n) is 2.52. The molecule has 0 amide bonds. The molecule has 3 heteroatoms. The molecule has 0 atom stereocenters. The summed E-state index contributed by atoms with van der Waals surface area (Å²) in [6.45, 7) is 7.40. The number of benzene rings is 2. The molecule has 2 aromatic carbocycles. The molecule has 0 bridgehead atoms. The van der Waals surface area contributed by atoms with Crippen LogP contribution in [0.25, 0.3) is 22.4 Å². The second-order valence-electron chi connectivity index (χ2n) is 5.37. The maximum atomic E-state index is 5.66. The first-order valence-electron chi connectivity index (χ1n) is 7.08. The minimum Gasteiger partial charge on any atom is -0.326 e. The summed E-state index contributed by atoms with van der Waals surface area (Å²) >= 11 is 0. The van der Waals surface area contributed by atoms with Crippen LogP contribution in [0.1, 0.15) is 12.5 Å². The van der Waals surface area contributed by atoms with Crippen molar-refractivity contribution < 1.29 is 0 Å². The highest BCUT2D eigenvalue weighted by Crippen LogP contribution is 2.25. The highest BCUT2D eigenvalue weighted by Gasteiger charge is 2.12. The van der Waals surface area contributed by atoms with Gasteiger partial charge in [-0.2, -0.15) is 0 Å². The largest absolute Gasteiger partial charge is 0.326 e. The van der Waals surface area contributed by atoms with E-state index in [4.69, 9.17) is 10.7 Å². The van der Waals surface area contributed by atoms with Crippen molar-refractivity contribution in [1.82, 2.24) is 9.55 Å². The first kappa shape index (κ1) is 13.6. The Bertz CT molecular complexity index is 782. The van der Waals surface area contributed by atoms with Gasteiger partial charge in [-0.3, -0.25) is 0 Å². The maximum absolute atomic E-state index is 5.66. The van der Waals surface area contributed by atoms with E-state index in [1.807, 2.05) is 25.1 Å². The van der Waals surface area contributed by atoms with E-state index in [0.717, 1.165) is 40.1 Å². The number of fused-ring (bicyclic) bond motifs is 1. The lowest BCUT2D eigenvalue weighted by molar-refractivity contribution is 0.820. The van der Waals surface area contributed by atoms with E-state index >= 15 is 0 Å². The summed E-state index contributed by atoms with van der Waals surface area (Å²) in [7, 11) is 0. The summed E-state index contributed by atoms with van der Waals surface area (Å²) in [5, 5.41) is 0. The van der Waals surface area contributed by atoms with E-state index in [1.54, 1.807) is 0 Å². The molecule has 0 unspecified atom stereocenters. The van der Waals surface area contributed by atoms with E-state index in [-0.39, 0.29) is 0 Å². The third kappa shape index (κ3) is 2.60. The average molecular weight is 277 g/mol. The zero-order valence-electron chi connectivity index (χ0n) is 12.2. The van der Waals surface area contributed by atoms with Gasteiger partial charge in [-0.15, -0.1) is 0 Å². The Morgan fingerprint density at radius 2 is 1.86 bits per heavy atom. The lowest BCUT2D eigenvalue weighted by Gasteiger charge is -2.09. The average Bonchev–Trinajstić information content (AvgIpc) is 2.86. The Balaban J connectivity index is 2.17. The molecule has 3 rings (SSSR count). The predicted molar refractivity (Wildman–Crippen MR) is 87.9 cm³/mol. The summed E-state index contributed by atoms with van der Waals surface area (Å²) in [5.41, 5.74) is 11.1. The number of para-hydroxylation sites is 2. The minimum absolute atomic E-state index is 0.558. The van der Waals surface area contributed by atoms with E-state index in [9.17, 15) is 0 Å². The van der Waals surface area contributed by atoms with E-state index in [0.29, 0.717) is 6.54 Å². The van der Waals surface area contributed by atoms with Gasteiger partial charge >= 0.3 is 0 Å². The van der Waals surface area contributed by atoms with Gasteiger partial charge in [0.05, 0.1) is 11.0 Å². The zero-order valence-corrected chi connectivity index (χ0v) is 12.2. The fourth-order valence-corrected chi connectivity index (χ4v) is 2.52. The summed E-state index contributed by atoms with van der Waals surface area (Å²) in [6.07, 6.45) is 0. The Kier molecular flexibility index (Phi) is 3.59. The highest BCUT2D eigenvalue weighted by molar-refractivity contribution is 5.80. The molecular weight excluding hydrogens is 258 g/mol. The molecule has 0 radical (unpaired) electrons. The van der Waals surface area contributed by atoms with Gasteiger partial charge in [-0.05, 0) is 24.6 Å². The molecule has 0 aliphatic heterocycles. The van der Waals surface area contributed by atoms with Gasteiger partial charge < -0.3 is 10.3 Å². The van der Waals surface area contributed by atoms with Gasteiger partial charge in [0.2, 0.25) is 0 Å². The molecule has 0 spiro atoms. The lowest BCUT2D eigenvalue weighted by atomic mass is 10.1. The topological polar surface area (TPSA) is 43.8 Å². The summed E-state index contributed by atoms with van der Waals surface area (Å²) in [5.74, 6) is 0.975. The Morgan fingerprint density at radius 1 is 1.14 bits per heavy atom. The minimum atomic E-state index is 0.558. The number of imidazole rings is 1. The standard InChI is InChI=1S/C18H19N3/c1-13(2)12-21-17-6-4-3-5-16(17)20-18(21)15-9-7-14(11-19)8-10-15/h3-10H,1,11-12,19H2,2H3. The molecule has 0 saturated heterocycles. The van der Waals surface area contributed by atoms with Crippen molar-refractivity contribution >= 4 is 11.0 Å². The maximum Gasteiger partial charge on any atom is 0.141 e. The quantitative estimate of drug-likeness (QED) is 0.738. The zero-order chi connectivity index (χ0) is 14.8. The predicted octanol–water partition coefficient (Wildman–Crippen LogP) is 3.74. The number of rotatable bonds is 4. The first-order chi connectivity index (χ1) is 10.2. The highest BCUT2D eigenvalue weighted by atomic mass is 15.1. The third-order valence-electron chi connectivity index (χ3n) is 3.53. The van der Waals surface area contributed by atoms with E-state index in [1.165, 1.54) is 0 Å². The normalized spacial score (nSPS) is 11.0.